The lowest BCUT2D eigenvalue weighted by Crippen LogP contribution is -2.66. The van der Waals surface area contributed by atoms with Crippen LogP contribution in [0, 0.1) is 11.8 Å². The Labute approximate surface area is 160 Å². The Balaban J connectivity index is 1.95. The van der Waals surface area contributed by atoms with Gasteiger partial charge in [-0.1, -0.05) is 0 Å². The summed E-state index contributed by atoms with van der Waals surface area (Å²) in [6, 6.07) is 2.06. The van der Waals surface area contributed by atoms with Gasteiger partial charge in [-0.25, -0.2) is 0 Å². The molecule has 1 aromatic carbocycles. The first-order valence-corrected chi connectivity index (χ1v) is 9.37. The number of ether oxygens (including phenoxy) is 1. The third kappa shape index (κ3) is 2.48. The number of phenols is 2. The van der Waals surface area contributed by atoms with Gasteiger partial charge in [-0.15, -0.1) is 0 Å². The minimum atomic E-state index is -2.14. The Kier molecular flexibility index (Phi) is 4.06. The van der Waals surface area contributed by atoms with Gasteiger partial charge in [0.15, 0.2) is 17.2 Å². The number of esters is 1. The number of benzene rings is 1. The molecule has 3 aliphatic rings. The van der Waals surface area contributed by atoms with Crippen LogP contribution in [-0.2, 0) is 19.9 Å². The van der Waals surface area contributed by atoms with E-state index in [1.807, 2.05) is 0 Å². The third-order valence-electron chi connectivity index (χ3n) is 6.33. The highest BCUT2D eigenvalue weighted by atomic mass is 16.5. The molecule has 1 saturated heterocycles. The Morgan fingerprint density at radius 3 is 2.54 bits per heavy atom. The molecule has 1 heterocycles. The van der Waals surface area contributed by atoms with Crippen molar-refractivity contribution in [3.05, 3.63) is 23.3 Å². The van der Waals surface area contributed by atoms with E-state index in [-0.39, 0.29) is 23.3 Å². The highest BCUT2D eigenvalue weighted by molar-refractivity contribution is 6.20. The van der Waals surface area contributed by atoms with Crippen molar-refractivity contribution in [3.63, 3.8) is 0 Å². The molecule has 150 valence electrons. The van der Waals surface area contributed by atoms with Crippen molar-refractivity contribution in [2.45, 2.75) is 56.3 Å². The van der Waals surface area contributed by atoms with E-state index in [2.05, 4.69) is 0 Å². The first-order valence-electron chi connectivity index (χ1n) is 9.37. The van der Waals surface area contributed by atoms with Crippen LogP contribution < -0.4 is 0 Å². The van der Waals surface area contributed by atoms with Gasteiger partial charge in [-0.3, -0.25) is 14.4 Å². The molecule has 2 fully saturated rings. The number of rotatable bonds is 0. The molecule has 0 amide bonds. The Bertz CT molecular complexity index is 892. The number of Topliss-reactive ketones (excluding diaryl/α,β-unsaturated/α-hetero) is 2. The minimum Gasteiger partial charge on any atom is -0.508 e. The van der Waals surface area contributed by atoms with Crippen molar-refractivity contribution < 1.29 is 39.5 Å². The summed E-state index contributed by atoms with van der Waals surface area (Å²) in [7, 11) is 0. The number of ketones is 2. The van der Waals surface area contributed by atoms with Crippen LogP contribution in [0.3, 0.4) is 0 Å². The molecule has 0 spiro atoms. The molecule has 8 nitrogen and oxygen atoms in total. The number of fused-ring (bicyclic) bond motifs is 8. The van der Waals surface area contributed by atoms with Crippen LogP contribution in [0.15, 0.2) is 12.1 Å². The minimum absolute atomic E-state index is 0.143. The first kappa shape index (κ1) is 18.9. The fraction of sp³-hybridized carbons (Fsp3) is 0.550. The molecule has 5 atom stereocenters. The van der Waals surface area contributed by atoms with Gasteiger partial charge in [0.25, 0.3) is 0 Å². The molecule has 0 radical (unpaired) electrons. The van der Waals surface area contributed by atoms with Gasteiger partial charge in [0, 0.05) is 17.5 Å². The van der Waals surface area contributed by atoms with Gasteiger partial charge < -0.3 is 25.2 Å². The number of aliphatic hydroxyl groups is 2. The molecule has 4 N–H and O–H groups in total. The maximum atomic E-state index is 13.2. The molecule has 1 aliphatic heterocycles. The lowest BCUT2D eigenvalue weighted by atomic mass is 9.53. The van der Waals surface area contributed by atoms with Crippen molar-refractivity contribution in [1.82, 2.24) is 0 Å². The SMILES string of the molecule is CC1CCCC2CC(O)(CC(=O)O1)C1C(=O)c3c(O)cc(O)cc3C2(O)C1=O. The highest BCUT2D eigenvalue weighted by Crippen LogP contribution is 2.56. The zero-order valence-corrected chi connectivity index (χ0v) is 15.3. The monoisotopic (exact) mass is 390 g/mol. The third-order valence-corrected chi connectivity index (χ3v) is 6.33. The Morgan fingerprint density at radius 2 is 1.82 bits per heavy atom. The number of cyclic esters (lactones) is 1. The molecule has 5 unspecified atom stereocenters. The normalized spacial score (nSPS) is 37.8. The molecular formula is C20H22O8. The van der Waals surface area contributed by atoms with Gasteiger partial charge in [-0.2, -0.15) is 0 Å². The first-order chi connectivity index (χ1) is 13.1. The maximum Gasteiger partial charge on any atom is 0.309 e. The van der Waals surface area contributed by atoms with Crippen LogP contribution in [0.25, 0.3) is 0 Å². The fourth-order valence-corrected chi connectivity index (χ4v) is 5.10. The molecule has 0 aromatic heterocycles. The molecule has 1 aromatic rings. The second-order valence-corrected chi connectivity index (χ2v) is 8.23. The molecular weight excluding hydrogens is 368 g/mol. The number of phenolic OH excluding ortho intramolecular Hbond substituents is 2. The maximum absolute atomic E-state index is 13.2. The van der Waals surface area contributed by atoms with Crippen molar-refractivity contribution in [1.29, 1.82) is 0 Å². The molecule has 4 bridgehead atoms. The predicted octanol–water partition coefficient (Wildman–Crippen LogP) is 0.924. The zero-order valence-electron chi connectivity index (χ0n) is 15.3. The Morgan fingerprint density at radius 1 is 1.11 bits per heavy atom. The lowest BCUT2D eigenvalue weighted by Gasteiger charge is -2.52. The van der Waals surface area contributed by atoms with Gasteiger partial charge in [-0.05, 0) is 38.7 Å². The van der Waals surface area contributed by atoms with E-state index >= 15 is 0 Å². The lowest BCUT2D eigenvalue weighted by molar-refractivity contribution is -0.185. The number of aromatic hydroxyl groups is 2. The number of hydrogen-bond donors (Lipinski definition) is 4. The number of carbonyl (C=O) groups is 3. The van der Waals surface area contributed by atoms with E-state index in [1.54, 1.807) is 6.92 Å². The average molecular weight is 390 g/mol. The molecule has 4 rings (SSSR count). The molecule has 1 saturated carbocycles. The van der Waals surface area contributed by atoms with Gasteiger partial charge >= 0.3 is 5.97 Å². The van der Waals surface area contributed by atoms with E-state index < -0.39 is 58.8 Å². The Hall–Kier alpha value is -2.45. The highest BCUT2D eigenvalue weighted by Gasteiger charge is 2.66. The summed E-state index contributed by atoms with van der Waals surface area (Å²) in [5.74, 6) is -5.95. The summed E-state index contributed by atoms with van der Waals surface area (Å²) in [5.41, 5.74) is -4.59. The summed E-state index contributed by atoms with van der Waals surface area (Å²) >= 11 is 0. The zero-order chi connectivity index (χ0) is 20.4. The van der Waals surface area contributed by atoms with E-state index in [4.69, 9.17) is 4.74 Å². The van der Waals surface area contributed by atoms with Crippen LogP contribution in [0.5, 0.6) is 11.5 Å². The van der Waals surface area contributed by atoms with Crippen molar-refractivity contribution >= 4 is 17.5 Å². The van der Waals surface area contributed by atoms with Crippen LogP contribution in [0.1, 0.15) is 54.9 Å². The summed E-state index contributed by atoms with van der Waals surface area (Å²) in [5, 5.41) is 42.8. The van der Waals surface area contributed by atoms with E-state index in [0.29, 0.717) is 19.3 Å². The second-order valence-electron chi connectivity index (χ2n) is 8.23. The van der Waals surface area contributed by atoms with Crippen LogP contribution in [-0.4, -0.2) is 49.7 Å². The van der Waals surface area contributed by atoms with Gasteiger partial charge in [0.1, 0.15) is 17.4 Å². The van der Waals surface area contributed by atoms with Crippen LogP contribution in [0.2, 0.25) is 0 Å². The molecule has 28 heavy (non-hydrogen) atoms. The number of hydrogen-bond acceptors (Lipinski definition) is 8. The van der Waals surface area contributed by atoms with Gasteiger partial charge in [0.2, 0.25) is 0 Å². The quantitative estimate of drug-likeness (QED) is 0.379. The van der Waals surface area contributed by atoms with Crippen molar-refractivity contribution in [2.24, 2.45) is 11.8 Å². The van der Waals surface area contributed by atoms with Crippen LogP contribution >= 0.6 is 0 Å². The number of carbonyl (C=O) groups excluding carboxylic acids is 3. The van der Waals surface area contributed by atoms with Crippen molar-refractivity contribution in [3.8, 4) is 11.5 Å². The van der Waals surface area contributed by atoms with E-state index in [9.17, 15) is 34.8 Å². The van der Waals surface area contributed by atoms with E-state index in [1.165, 1.54) is 0 Å². The average Bonchev–Trinajstić information content (AvgIpc) is 2.56. The van der Waals surface area contributed by atoms with E-state index in [0.717, 1.165) is 12.1 Å². The molecule has 8 heteroatoms. The van der Waals surface area contributed by atoms with Crippen LogP contribution in [0.4, 0.5) is 0 Å². The summed E-state index contributed by atoms with van der Waals surface area (Å²) in [6.07, 6.45) is 0.278. The molecule has 2 aliphatic carbocycles. The fourth-order valence-electron chi connectivity index (χ4n) is 5.10. The topological polar surface area (TPSA) is 141 Å². The summed E-state index contributed by atoms with van der Waals surface area (Å²) in [6.45, 7) is 1.72. The summed E-state index contributed by atoms with van der Waals surface area (Å²) < 4.78 is 5.26. The van der Waals surface area contributed by atoms with Gasteiger partial charge in [0.05, 0.1) is 23.7 Å². The standard InChI is InChI=1S/C20H22O8/c1-9-3-2-4-10-7-19(26,8-14(23)28-9)16-17(24)15-12(20(10,27)18(16)25)5-11(21)6-13(15)22/h5-6,9-10,16,21-22,26-27H,2-4,7-8H2,1H3. The smallest absolute Gasteiger partial charge is 0.309 e. The predicted molar refractivity (Wildman–Crippen MR) is 93.6 cm³/mol. The second kappa shape index (κ2) is 6.02. The van der Waals surface area contributed by atoms with Crippen molar-refractivity contribution in [2.75, 3.05) is 0 Å². The largest absolute Gasteiger partial charge is 0.508 e. The summed E-state index contributed by atoms with van der Waals surface area (Å²) in [4.78, 5) is 38.6.